The zero-order valence-corrected chi connectivity index (χ0v) is 8.03. The summed E-state index contributed by atoms with van der Waals surface area (Å²) in [7, 11) is 1.20. The summed E-state index contributed by atoms with van der Waals surface area (Å²) in [5.41, 5.74) is 0. The van der Waals surface area contributed by atoms with Crippen molar-refractivity contribution in [1.29, 1.82) is 0 Å². The van der Waals surface area contributed by atoms with E-state index in [0.29, 0.717) is 6.42 Å². The van der Waals surface area contributed by atoms with Gasteiger partial charge in [0.1, 0.15) is 6.04 Å². The predicted octanol–water partition coefficient (Wildman–Crippen LogP) is 0.842. The monoisotopic (exact) mass is 189 g/mol. The van der Waals surface area contributed by atoms with Crippen molar-refractivity contribution in [3.63, 3.8) is 0 Å². The van der Waals surface area contributed by atoms with Crippen LogP contribution < -0.4 is 5.32 Å². The maximum Gasteiger partial charge on any atom is 0.407 e. The number of carbonyl (C=O) groups excluding carboxylic acids is 1. The van der Waals surface area contributed by atoms with Crippen molar-refractivity contribution in [1.82, 2.24) is 5.32 Å². The highest BCUT2D eigenvalue weighted by molar-refractivity contribution is 5.80. The minimum absolute atomic E-state index is 0.114. The van der Waals surface area contributed by atoms with Crippen LogP contribution >= 0.6 is 0 Å². The molecule has 0 aliphatic carbocycles. The molecule has 0 fully saturated rings. The van der Waals surface area contributed by atoms with E-state index in [1.165, 1.54) is 7.11 Å². The lowest BCUT2D eigenvalue weighted by molar-refractivity contribution is -0.140. The van der Waals surface area contributed by atoms with E-state index in [9.17, 15) is 9.59 Å². The van der Waals surface area contributed by atoms with E-state index < -0.39 is 18.1 Å². The molecule has 1 amide bonds. The molecule has 2 atom stereocenters. The molecule has 0 unspecified atom stereocenters. The van der Waals surface area contributed by atoms with Gasteiger partial charge < -0.3 is 15.2 Å². The van der Waals surface area contributed by atoms with Gasteiger partial charge in [-0.2, -0.15) is 0 Å². The summed E-state index contributed by atoms with van der Waals surface area (Å²) in [6, 6.07) is -0.877. The van der Waals surface area contributed by atoms with Crippen molar-refractivity contribution in [3.05, 3.63) is 0 Å². The molecule has 5 nitrogen and oxygen atoms in total. The van der Waals surface area contributed by atoms with E-state index in [2.05, 4.69) is 10.1 Å². The number of amides is 1. The normalized spacial score (nSPS) is 14.4. The molecule has 0 aliphatic rings. The van der Waals surface area contributed by atoms with Crippen LogP contribution in [0.5, 0.6) is 0 Å². The van der Waals surface area contributed by atoms with Crippen LogP contribution in [0.3, 0.4) is 0 Å². The van der Waals surface area contributed by atoms with Gasteiger partial charge in [-0.1, -0.05) is 20.3 Å². The molecular formula is C8H15NO4. The second-order valence-electron chi connectivity index (χ2n) is 2.84. The average Bonchev–Trinajstić information content (AvgIpc) is 2.11. The van der Waals surface area contributed by atoms with Gasteiger partial charge in [0.2, 0.25) is 0 Å². The third kappa shape index (κ3) is 3.78. The summed E-state index contributed by atoms with van der Waals surface area (Å²) in [6.45, 7) is 3.62. The fourth-order valence-electron chi connectivity index (χ4n) is 0.869. The Hall–Kier alpha value is -1.26. The van der Waals surface area contributed by atoms with E-state index in [0.717, 1.165) is 0 Å². The summed E-state index contributed by atoms with van der Waals surface area (Å²) in [6.07, 6.45) is -0.0336. The lowest BCUT2D eigenvalue weighted by atomic mass is 10.00. The van der Waals surface area contributed by atoms with Crippen LogP contribution in [0.1, 0.15) is 20.3 Å². The summed E-state index contributed by atoms with van der Waals surface area (Å²) < 4.78 is 4.31. The van der Waals surface area contributed by atoms with E-state index in [4.69, 9.17) is 5.11 Å². The van der Waals surface area contributed by atoms with Gasteiger partial charge in [0.25, 0.3) is 0 Å². The molecule has 0 saturated heterocycles. The first-order valence-corrected chi connectivity index (χ1v) is 4.10. The van der Waals surface area contributed by atoms with Gasteiger partial charge in [0, 0.05) is 0 Å². The molecule has 0 heterocycles. The van der Waals surface area contributed by atoms with Crippen molar-refractivity contribution in [3.8, 4) is 0 Å². The molecular weight excluding hydrogens is 174 g/mol. The smallest absolute Gasteiger partial charge is 0.407 e. The van der Waals surface area contributed by atoms with E-state index in [1.54, 1.807) is 6.92 Å². The van der Waals surface area contributed by atoms with E-state index in [1.807, 2.05) is 6.92 Å². The first kappa shape index (κ1) is 11.7. The topological polar surface area (TPSA) is 75.6 Å². The number of carboxylic acids is 1. The SMILES string of the molecule is CC[C@@H](C)[C@@H](NC(=O)OC)C(=O)O. The molecule has 0 aromatic rings. The highest BCUT2D eigenvalue weighted by atomic mass is 16.5. The molecule has 0 aromatic carbocycles. The Labute approximate surface area is 77.1 Å². The minimum Gasteiger partial charge on any atom is -0.480 e. The Morgan fingerprint density at radius 3 is 2.38 bits per heavy atom. The summed E-state index contributed by atoms with van der Waals surface area (Å²) in [4.78, 5) is 21.4. The first-order chi connectivity index (χ1) is 6.02. The third-order valence-corrected chi connectivity index (χ3v) is 1.94. The fraction of sp³-hybridized carbons (Fsp3) is 0.750. The molecule has 0 rings (SSSR count). The number of carbonyl (C=O) groups is 2. The van der Waals surface area contributed by atoms with Crippen molar-refractivity contribution in [2.24, 2.45) is 5.92 Å². The summed E-state index contributed by atoms with van der Waals surface area (Å²) >= 11 is 0. The summed E-state index contributed by atoms with van der Waals surface area (Å²) in [5.74, 6) is -1.16. The molecule has 0 bridgehead atoms. The predicted molar refractivity (Wildman–Crippen MR) is 46.4 cm³/mol. The Kier molecular flexibility index (Phi) is 4.87. The number of carboxylic acid groups (broad SMARTS) is 1. The largest absolute Gasteiger partial charge is 0.480 e. The van der Waals surface area contributed by atoms with Crippen LogP contribution in [0.4, 0.5) is 4.79 Å². The van der Waals surface area contributed by atoms with Gasteiger partial charge in [-0.15, -0.1) is 0 Å². The first-order valence-electron chi connectivity index (χ1n) is 4.10. The second-order valence-corrected chi connectivity index (χ2v) is 2.84. The van der Waals surface area contributed by atoms with Gasteiger partial charge in [-0.05, 0) is 5.92 Å². The van der Waals surface area contributed by atoms with Gasteiger partial charge >= 0.3 is 12.1 Å². The molecule has 2 N–H and O–H groups in total. The second kappa shape index (κ2) is 5.40. The standard InChI is InChI=1S/C8H15NO4/c1-4-5(2)6(7(10)11)9-8(12)13-3/h5-6H,4H2,1-3H3,(H,9,12)(H,10,11)/t5-,6-/m1/s1. The summed E-state index contributed by atoms with van der Waals surface area (Å²) in [5, 5.41) is 11.0. The van der Waals surface area contributed by atoms with Crippen LogP contribution in [0.2, 0.25) is 0 Å². The number of rotatable bonds is 4. The van der Waals surface area contributed by atoms with Gasteiger partial charge in [0.15, 0.2) is 0 Å². The zero-order chi connectivity index (χ0) is 10.4. The average molecular weight is 189 g/mol. The van der Waals surface area contributed by atoms with E-state index in [-0.39, 0.29) is 5.92 Å². The number of hydrogen-bond donors (Lipinski definition) is 2. The van der Waals surface area contributed by atoms with Crippen LogP contribution in [0.15, 0.2) is 0 Å². The highest BCUT2D eigenvalue weighted by Crippen LogP contribution is 2.07. The number of aliphatic carboxylic acids is 1. The minimum atomic E-state index is -1.04. The van der Waals surface area contributed by atoms with Gasteiger partial charge in [0.05, 0.1) is 7.11 Å². The number of nitrogens with one attached hydrogen (secondary N) is 1. The van der Waals surface area contributed by atoms with Crippen molar-refractivity contribution in [2.45, 2.75) is 26.3 Å². The van der Waals surface area contributed by atoms with Crippen molar-refractivity contribution in [2.75, 3.05) is 7.11 Å². The van der Waals surface area contributed by atoms with Gasteiger partial charge in [-0.3, -0.25) is 0 Å². The van der Waals surface area contributed by atoms with Crippen molar-refractivity contribution < 1.29 is 19.4 Å². The number of alkyl carbamates (subject to hydrolysis) is 1. The lowest BCUT2D eigenvalue weighted by Gasteiger charge is -2.18. The fourth-order valence-corrected chi connectivity index (χ4v) is 0.869. The maximum absolute atomic E-state index is 10.8. The number of ether oxygens (including phenoxy) is 1. The Bertz CT molecular complexity index is 193. The van der Waals surface area contributed by atoms with Gasteiger partial charge in [-0.25, -0.2) is 9.59 Å². The number of hydrogen-bond acceptors (Lipinski definition) is 3. The van der Waals surface area contributed by atoms with E-state index >= 15 is 0 Å². The molecule has 0 aromatic heterocycles. The Morgan fingerprint density at radius 2 is 2.08 bits per heavy atom. The molecule has 0 spiro atoms. The molecule has 13 heavy (non-hydrogen) atoms. The zero-order valence-electron chi connectivity index (χ0n) is 8.03. The quantitative estimate of drug-likeness (QED) is 0.687. The van der Waals surface area contributed by atoms with Crippen LogP contribution in [0.25, 0.3) is 0 Å². The van der Waals surface area contributed by atoms with Crippen LogP contribution in [-0.4, -0.2) is 30.3 Å². The number of methoxy groups -OCH3 is 1. The third-order valence-electron chi connectivity index (χ3n) is 1.94. The highest BCUT2D eigenvalue weighted by Gasteiger charge is 2.25. The Balaban J connectivity index is 4.26. The lowest BCUT2D eigenvalue weighted by Crippen LogP contribution is -2.44. The molecule has 76 valence electrons. The van der Waals surface area contributed by atoms with Crippen LogP contribution in [0, 0.1) is 5.92 Å². The van der Waals surface area contributed by atoms with Crippen LogP contribution in [-0.2, 0) is 9.53 Å². The Morgan fingerprint density at radius 1 is 1.54 bits per heavy atom. The molecule has 5 heteroatoms. The molecule has 0 saturated carbocycles. The maximum atomic E-state index is 10.8. The molecule has 0 aliphatic heterocycles. The molecule has 0 radical (unpaired) electrons. The van der Waals surface area contributed by atoms with Crippen molar-refractivity contribution >= 4 is 12.1 Å².